The van der Waals surface area contributed by atoms with Crippen molar-refractivity contribution in [1.29, 1.82) is 0 Å². The molecule has 160 valence electrons. The molecule has 2 atom stereocenters. The number of benzene rings is 1. The first-order valence-electron chi connectivity index (χ1n) is 11.4. The van der Waals surface area contributed by atoms with Crippen LogP contribution in [0.4, 0.5) is 0 Å². The molecule has 2 aliphatic heterocycles. The lowest BCUT2D eigenvalue weighted by Crippen LogP contribution is -2.57. The highest BCUT2D eigenvalue weighted by Gasteiger charge is 2.49. The van der Waals surface area contributed by atoms with E-state index in [1.165, 1.54) is 11.1 Å². The molecule has 0 N–H and O–H groups in total. The minimum Gasteiger partial charge on any atom is -0.331 e. The summed E-state index contributed by atoms with van der Waals surface area (Å²) in [4.78, 5) is 27.0. The molecule has 5 nitrogen and oxygen atoms in total. The molecule has 30 heavy (non-hydrogen) atoms. The van der Waals surface area contributed by atoms with Gasteiger partial charge in [-0.05, 0) is 44.2 Å². The molecule has 2 fully saturated rings. The number of hydrogen-bond acceptors (Lipinski definition) is 4. The van der Waals surface area contributed by atoms with Crippen molar-refractivity contribution in [3.05, 3.63) is 59.2 Å². The predicted molar refractivity (Wildman–Crippen MR) is 119 cm³/mol. The van der Waals surface area contributed by atoms with Gasteiger partial charge in [0.25, 0.3) is 0 Å². The van der Waals surface area contributed by atoms with Crippen molar-refractivity contribution < 1.29 is 4.79 Å². The Balaban J connectivity index is 1.59. The van der Waals surface area contributed by atoms with Gasteiger partial charge in [-0.1, -0.05) is 37.6 Å². The van der Waals surface area contributed by atoms with E-state index in [0.29, 0.717) is 24.9 Å². The van der Waals surface area contributed by atoms with E-state index < -0.39 is 0 Å². The largest absolute Gasteiger partial charge is 0.331 e. The zero-order valence-corrected chi connectivity index (χ0v) is 18.6. The minimum absolute atomic E-state index is 0.135. The third kappa shape index (κ3) is 4.13. The van der Waals surface area contributed by atoms with Gasteiger partial charge in [0, 0.05) is 56.5 Å². The van der Waals surface area contributed by atoms with Gasteiger partial charge in [0.2, 0.25) is 5.91 Å². The maximum atomic E-state index is 13.3. The number of aryl methyl sites for hydroxylation is 2. The summed E-state index contributed by atoms with van der Waals surface area (Å²) in [5, 5.41) is 0. The quantitative estimate of drug-likeness (QED) is 0.743. The number of aromatic nitrogens is 2. The molecule has 0 unspecified atom stereocenters. The number of likely N-dealkylation sites (tertiary alicyclic amines) is 2. The highest BCUT2D eigenvalue weighted by molar-refractivity contribution is 5.77. The first-order chi connectivity index (χ1) is 14.5. The topological polar surface area (TPSA) is 49.3 Å². The van der Waals surface area contributed by atoms with Crippen LogP contribution < -0.4 is 0 Å². The average molecular weight is 407 g/mol. The third-order valence-electron chi connectivity index (χ3n) is 7.15. The second kappa shape index (κ2) is 8.84. The van der Waals surface area contributed by atoms with Crippen LogP contribution in [0.15, 0.2) is 36.7 Å². The van der Waals surface area contributed by atoms with Crippen molar-refractivity contribution >= 4 is 5.91 Å². The Hall–Kier alpha value is -2.27. The SMILES string of the molecule is CCc1ncc(CN2CC[C@]3(C)[C@H]2CCCCC(=O)N3Cc2ccccc2C)cn1. The lowest BCUT2D eigenvalue weighted by atomic mass is 9.84. The Kier molecular flexibility index (Phi) is 6.19. The standard InChI is InChI=1S/C25H34N4O/c1-4-23-26-15-20(16-27-23)17-28-14-13-25(3)22(28)11-7-8-12-24(30)29(25)18-21-10-6-5-9-19(21)2/h5-6,9-10,15-16,22H,4,7-8,11-14,17-18H2,1-3H3/t22-,25-/m1/s1. The fourth-order valence-corrected chi connectivity index (χ4v) is 5.22. The number of amides is 1. The summed E-state index contributed by atoms with van der Waals surface area (Å²) in [5.74, 6) is 1.20. The van der Waals surface area contributed by atoms with Crippen LogP contribution in [0.1, 0.15) is 68.5 Å². The molecule has 2 aromatic rings. The van der Waals surface area contributed by atoms with E-state index in [4.69, 9.17) is 0 Å². The Labute approximate surface area is 180 Å². The van der Waals surface area contributed by atoms with Crippen LogP contribution >= 0.6 is 0 Å². The summed E-state index contributed by atoms with van der Waals surface area (Å²) in [7, 11) is 0. The van der Waals surface area contributed by atoms with Gasteiger partial charge in [-0.2, -0.15) is 0 Å². The van der Waals surface area contributed by atoms with Gasteiger partial charge in [0.15, 0.2) is 0 Å². The van der Waals surface area contributed by atoms with Gasteiger partial charge >= 0.3 is 0 Å². The maximum Gasteiger partial charge on any atom is 0.223 e. The lowest BCUT2D eigenvalue weighted by Gasteiger charge is -2.46. The van der Waals surface area contributed by atoms with Crippen LogP contribution in [0.3, 0.4) is 0 Å². The van der Waals surface area contributed by atoms with Crippen LogP contribution in [-0.4, -0.2) is 43.8 Å². The molecule has 0 bridgehead atoms. The van der Waals surface area contributed by atoms with Crippen LogP contribution in [0.25, 0.3) is 0 Å². The normalized spacial score (nSPS) is 25.1. The van der Waals surface area contributed by atoms with Crippen molar-refractivity contribution in [1.82, 2.24) is 19.8 Å². The van der Waals surface area contributed by atoms with Crippen LogP contribution in [0, 0.1) is 6.92 Å². The zero-order chi connectivity index (χ0) is 21.1. The van der Waals surface area contributed by atoms with Crippen molar-refractivity contribution in [2.75, 3.05) is 6.54 Å². The van der Waals surface area contributed by atoms with Gasteiger partial charge in [0.1, 0.15) is 5.82 Å². The molecule has 4 rings (SSSR count). The van der Waals surface area contributed by atoms with Gasteiger partial charge < -0.3 is 4.90 Å². The lowest BCUT2D eigenvalue weighted by molar-refractivity contribution is -0.140. The van der Waals surface area contributed by atoms with Crippen molar-refractivity contribution in [2.24, 2.45) is 0 Å². The molecule has 1 amide bonds. The Morgan fingerprint density at radius 1 is 1.13 bits per heavy atom. The Morgan fingerprint density at radius 2 is 1.90 bits per heavy atom. The first kappa shape index (κ1) is 21.0. The van der Waals surface area contributed by atoms with E-state index in [0.717, 1.165) is 56.6 Å². The highest BCUT2D eigenvalue weighted by Crippen LogP contribution is 2.40. The van der Waals surface area contributed by atoms with Crippen molar-refractivity contribution in [2.45, 2.75) is 84.0 Å². The average Bonchev–Trinajstić information content (AvgIpc) is 3.05. The third-order valence-corrected chi connectivity index (χ3v) is 7.15. The molecule has 0 aliphatic carbocycles. The number of carbonyl (C=O) groups excluding carboxylic acids is 1. The number of rotatable bonds is 5. The van der Waals surface area contributed by atoms with Crippen molar-refractivity contribution in [3.63, 3.8) is 0 Å². The molecule has 2 saturated heterocycles. The predicted octanol–water partition coefficient (Wildman–Crippen LogP) is 4.28. The summed E-state index contributed by atoms with van der Waals surface area (Å²) in [5.41, 5.74) is 3.54. The van der Waals surface area contributed by atoms with E-state index in [1.807, 2.05) is 12.4 Å². The van der Waals surface area contributed by atoms with Gasteiger partial charge in [-0.25, -0.2) is 9.97 Å². The second-order valence-electron chi connectivity index (χ2n) is 9.11. The smallest absolute Gasteiger partial charge is 0.223 e. The molecule has 1 aromatic heterocycles. The van der Waals surface area contributed by atoms with E-state index in [2.05, 4.69) is 64.8 Å². The summed E-state index contributed by atoms with van der Waals surface area (Å²) in [6.07, 6.45) is 9.73. The number of hydrogen-bond donors (Lipinski definition) is 0. The van der Waals surface area contributed by atoms with E-state index in [9.17, 15) is 4.79 Å². The fraction of sp³-hybridized carbons (Fsp3) is 0.560. The Bertz CT molecular complexity index is 881. The van der Waals surface area contributed by atoms with Crippen LogP contribution in [0.5, 0.6) is 0 Å². The summed E-state index contributed by atoms with van der Waals surface area (Å²) < 4.78 is 0. The van der Waals surface area contributed by atoms with Gasteiger partial charge in [-0.3, -0.25) is 9.69 Å². The second-order valence-corrected chi connectivity index (χ2v) is 9.11. The summed E-state index contributed by atoms with van der Waals surface area (Å²) in [6.45, 7) is 9.11. The molecule has 5 heteroatoms. The fourth-order valence-electron chi connectivity index (χ4n) is 5.22. The van der Waals surface area contributed by atoms with Crippen LogP contribution in [0.2, 0.25) is 0 Å². The van der Waals surface area contributed by atoms with Gasteiger partial charge in [0.05, 0.1) is 5.54 Å². The molecule has 0 saturated carbocycles. The van der Waals surface area contributed by atoms with Crippen LogP contribution in [-0.2, 0) is 24.3 Å². The molecule has 0 radical (unpaired) electrons. The Morgan fingerprint density at radius 3 is 2.63 bits per heavy atom. The van der Waals surface area contributed by atoms with E-state index in [1.54, 1.807) is 0 Å². The molecular formula is C25H34N4O. The molecular weight excluding hydrogens is 372 g/mol. The molecule has 3 heterocycles. The monoisotopic (exact) mass is 406 g/mol. The number of fused-ring (bicyclic) bond motifs is 1. The van der Waals surface area contributed by atoms with E-state index in [-0.39, 0.29) is 5.54 Å². The van der Waals surface area contributed by atoms with E-state index >= 15 is 0 Å². The highest BCUT2D eigenvalue weighted by atomic mass is 16.2. The first-order valence-corrected chi connectivity index (χ1v) is 11.4. The van der Waals surface area contributed by atoms with Gasteiger partial charge in [-0.15, -0.1) is 0 Å². The molecule has 0 spiro atoms. The number of nitrogens with zero attached hydrogens (tertiary/aromatic N) is 4. The molecule has 2 aliphatic rings. The zero-order valence-electron chi connectivity index (χ0n) is 18.6. The maximum absolute atomic E-state index is 13.3. The minimum atomic E-state index is -0.135. The molecule has 1 aromatic carbocycles. The summed E-state index contributed by atoms with van der Waals surface area (Å²) >= 11 is 0. The summed E-state index contributed by atoms with van der Waals surface area (Å²) in [6, 6.07) is 8.83. The number of carbonyl (C=O) groups is 1. The van der Waals surface area contributed by atoms with Crippen molar-refractivity contribution in [3.8, 4) is 0 Å².